The van der Waals surface area contributed by atoms with Gasteiger partial charge in [0.15, 0.2) is 0 Å². The number of hydrogen-bond donors (Lipinski definition) is 0. The molecule has 4 aromatic carbocycles. The Hall–Kier alpha value is -3.19. The second kappa shape index (κ2) is 5.17. The maximum atomic E-state index is 4.62. The Morgan fingerprint density at radius 3 is 2.21 bits per heavy atom. The SMILES string of the molecule is [c]1c(-c2nccc3ccccc23)ccc2c1ccc1ccccc12. The Morgan fingerprint density at radius 2 is 1.33 bits per heavy atom. The van der Waals surface area contributed by atoms with Gasteiger partial charge in [-0.05, 0) is 33.0 Å². The third kappa shape index (κ3) is 1.99. The standard InChI is InChI=1S/C23H14N/c1-3-7-20-16(5-1)9-10-18-15-19(11-12-21(18)20)23-22-8-4-2-6-17(22)13-14-24-23/h1-14H. The van der Waals surface area contributed by atoms with Crippen molar-refractivity contribution in [3.63, 3.8) is 0 Å². The highest BCUT2D eigenvalue weighted by molar-refractivity contribution is 6.08. The minimum absolute atomic E-state index is 0.989. The van der Waals surface area contributed by atoms with E-state index < -0.39 is 0 Å². The van der Waals surface area contributed by atoms with Crippen LogP contribution in [0.15, 0.2) is 85.1 Å². The quantitative estimate of drug-likeness (QED) is 0.346. The van der Waals surface area contributed by atoms with E-state index in [1.807, 2.05) is 12.3 Å². The fourth-order valence-electron chi connectivity index (χ4n) is 3.41. The Labute approximate surface area is 140 Å². The van der Waals surface area contributed by atoms with E-state index in [-0.39, 0.29) is 0 Å². The molecule has 0 atom stereocenters. The molecule has 0 aliphatic rings. The summed E-state index contributed by atoms with van der Waals surface area (Å²) in [7, 11) is 0. The van der Waals surface area contributed by atoms with Gasteiger partial charge in [0.1, 0.15) is 0 Å². The highest BCUT2D eigenvalue weighted by Crippen LogP contribution is 2.31. The fraction of sp³-hybridized carbons (Fsp3) is 0. The zero-order valence-electron chi connectivity index (χ0n) is 13.0. The molecule has 1 aromatic heterocycles. The van der Waals surface area contributed by atoms with Crippen molar-refractivity contribution < 1.29 is 0 Å². The second-order valence-electron chi connectivity index (χ2n) is 6.00. The summed E-state index contributed by atoms with van der Waals surface area (Å²) < 4.78 is 0. The van der Waals surface area contributed by atoms with E-state index in [1.54, 1.807) is 0 Å². The van der Waals surface area contributed by atoms with E-state index in [0.717, 1.165) is 22.0 Å². The van der Waals surface area contributed by atoms with E-state index >= 15 is 0 Å². The third-order valence-electron chi connectivity index (χ3n) is 4.59. The van der Waals surface area contributed by atoms with E-state index in [4.69, 9.17) is 0 Å². The molecule has 0 N–H and O–H groups in total. The summed E-state index contributed by atoms with van der Waals surface area (Å²) in [6.45, 7) is 0. The highest BCUT2D eigenvalue weighted by Gasteiger charge is 2.07. The molecule has 1 heteroatoms. The van der Waals surface area contributed by atoms with Gasteiger partial charge in [0.25, 0.3) is 0 Å². The Morgan fingerprint density at radius 1 is 0.583 bits per heavy atom. The van der Waals surface area contributed by atoms with Crippen LogP contribution in [-0.2, 0) is 0 Å². The number of benzene rings is 4. The number of hydrogen-bond acceptors (Lipinski definition) is 1. The summed E-state index contributed by atoms with van der Waals surface area (Å²) in [5, 5.41) is 7.25. The highest BCUT2D eigenvalue weighted by atomic mass is 14.7. The van der Waals surface area contributed by atoms with Gasteiger partial charge in [0.2, 0.25) is 0 Å². The molecule has 5 rings (SSSR count). The molecule has 0 spiro atoms. The monoisotopic (exact) mass is 304 g/mol. The lowest BCUT2D eigenvalue weighted by Crippen LogP contribution is -1.87. The van der Waals surface area contributed by atoms with Gasteiger partial charge in [-0.15, -0.1) is 0 Å². The van der Waals surface area contributed by atoms with Crippen molar-refractivity contribution in [2.75, 3.05) is 0 Å². The largest absolute Gasteiger partial charge is 0.256 e. The summed E-state index contributed by atoms with van der Waals surface area (Å²) in [4.78, 5) is 4.62. The molecule has 24 heavy (non-hydrogen) atoms. The first-order valence-corrected chi connectivity index (χ1v) is 8.08. The maximum Gasteiger partial charge on any atom is 0.0786 e. The molecule has 1 heterocycles. The molecule has 0 saturated carbocycles. The van der Waals surface area contributed by atoms with Gasteiger partial charge in [-0.3, -0.25) is 4.98 Å². The molecule has 0 amide bonds. The van der Waals surface area contributed by atoms with Crippen LogP contribution >= 0.6 is 0 Å². The van der Waals surface area contributed by atoms with Crippen molar-refractivity contribution in [1.82, 2.24) is 4.98 Å². The van der Waals surface area contributed by atoms with Gasteiger partial charge in [0, 0.05) is 23.2 Å². The van der Waals surface area contributed by atoms with Crippen LogP contribution in [0.5, 0.6) is 0 Å². The van der Waals surface area contributed by atoms with E-state index in [1.165, 1.54) is 21.5 Å². The molecule has 0 saturated heterocycles. The number of pyridine rings is 1. The average Bonchev–Trinajstić information content (AvgIpc) is 2.67. The first-order valence-electron chi connectivity index (χ1n) is 8.08. The van der Waals surface area contributed by atoms with Gasteiger partial charge in [-0.1, -0.05) is 72.8 Å². The van der Waals surface area contributed by atoms with Gasteiger partial charge in [-0.25, -0.2) is 0 Å². The molecular weight excluding hydrogens is 290 g/mol. The first kappa shape index (κ1) is 13.3. The summed E-state index contributed by atoms with van der Waals surface area (Å²) in [6.07, 6.45) is 1.87. The van der Waals surface area contributed by atoms with Crippen LogP contribution in [0.3, 0.4) is 0 Å². The number of fused-ring (bicyclic) bond motifs is 4. The van der Waals surface area contributed by atoms with Gasteiger partial charge in [0.05, 0.1) is 5.69 Å². The molecule has 0 fully saturated rings. The Kier molecular flexibility index (Phi) is 2.86. The molecule has 0 unspecified atom stereocenters. The van der Waals surface area contributed by atoms with Crippen LogP contribution in [0.25, 0.3) is 43.6 Å². The Balaban J connectivity index is 1.80. The van der Waals surface area contributed by atoms with E-state index in [9.17, 15) is 0 Å². The summed E-state index contributed by atoms with van der Waals surface area (Å²) in [5.74, 6) is 0. The lowest BCUT2D eigenvalue weighted by atomic mass is 9.97. The summed E-state index contributed by atoms with van der Waals surface area (Å²) >= 11 is 0. The number of rotatable bonds is 1. The molecule has 1 nitrogen and oxygen atoms in total. The predicted molar refractivity (Wildman–Crippen MR) is 101 cm³/mol. The molecule has 0 aliphatic heterocycles. The van der Waals surface area contributed by atoms with Crippen molar-refractivity contribution in [3.05, 3.63) is 91.1 Å². The van der Waals surface area contributed by atoms with Crippen molar-refractivity contribution >= 4 is 32.3 Å². The van der Waals surface area contributed by atoms with Crippen LogP contribution < -0.4 is 0 Å². The number of nitrogens with zero attached hydrogens (tertiary/aromatic N) is 1. The molecule has 0 bridgehead atoms. The predicted octanol–water partition coefficient (Wildman–Crippen LogP) is 6.01. The normalized spacial score (nSPS) is 11.3. The van der Waals surface area contributed by atoms with Crippen LogP contribution in [0.4, 0.5) is 0 Å². The summed E-state index contributed by atoms with van der Waals surface area (Å²) in [6, 6.07) is 31.1. The number of aromatic nitrogens is 1. The van der Waals surface area contributed by atoms with E-state index in [2.05, 4.69) is 83.8 Å². The zero-order valence-corrected chi connectivity index (χ0v) is 13.0. The summed E-state index contributed by atoms with van der Waals surface area (Å²) in [5.41, 5.74) is 2.03. The molecule has 5 aromatic rings. The zero-order chi connectivity index (χ0) is 15.9. The van der Waals surface area contributed by atoms with Crippen LogP contribution in [-0.4, -0.2) is 4.98 Å². The lowest BCUT2D eigenvalue weighted by molar-refractivity contribution is 1.36. The molecular formula is C23H14N. The fourth-order valence-corrected chi connectivity index (χ4v) is 3.41. The molecule has 1 radical (unpaired) electrons. The van der Waals surface area contributed by atoms with Gasteiger partial charge >= 0.3 is 0 Å². The van der Waals surface area contributed by atoms with Crippen LogP contribution in [0.1, 0.15) is 0 Å². The maximum absolute atomic E-state index is 4.62. The van der Waals surface area contributed by atoms with Crippen LogP contribution in [0.2, 0.25) is 0 Å². The third-order valence-corrected chi connectivity index (χ3v) is 4.59. The van der Waals surface area contributed by atoms with Crippen molar-refractivity contribution in [2.24, 2.45) is 0 Å². The van der Waals surface area contributed by atoms with E-state index in [0.29, 0.717) is 0 Å². The smallest absolute Gasteiger partial charge is 0.0786 e. The second-order valence-corrected chi connectivity index (χ2v) is 6.00. The lowest BCUT2D eigenvalue weighted by Gasteiger charge is -2.08. The van der Waals surface area contributed by atoms with Crippen molar-refractivity contribution in [1.29, 1.82) is 0 Å². The van der Waals surface area contributed by atoms with Crippen molar-refractivity contribution in [3.8, 4) is 11.3 Å². The van der Waals surface area contributed by atoms with Gasteiger partial charge < -0.3 is 0 Å². The first-order chi connectivity index (χ1) is 11.9. The topological polar surface area (TPSA) is 12.9 Å². The minimum atomic E-state index is 0.989. The van der Waals surface area contributed by atoms with Gasteiger partial charge in [-0.2, -0.15) is 0 Å². The average molecular weight is 304 g/mol. The Bertz CT molecular complexity index is 1200. The molecule has 0 aliphatic carbocycles. The minimum Gasteiger partial charge on any atom is -0.256 e. The van der Waals surface area contributed by atoms with Crippen LogP contribution in [0, 0.1) is 6.07 Å². The molecule has 111 valence electrons. The van der Waals surface area contributed by atoms with Crippen molar-refractivity contribution in [2.45, 2.75) is 0 Å².